The number of nitrogens with one attached hydrogen (secondary N) is 1. The van der Waals surface area contributed by atoms with Gasteiger partial charge >= 0.3 is 0 Å². The van der Waals surface area contributed by atoms with Gasteiger partial charge in [-0.3, -0.25) is 4.90 Å². The summed E-state index contributed by atoms with van der Waals surface area (Å²) in [7, 11) is 2.12. The van der Waals surface area contributed by atoms with E-state index < -0.39 is 0 Å². The summed E-state index contributed by atoms with van der Waals surface area (Å²) in [4.78, 5) is 2.51. The third-order valence-electron chi connectivity index (χ3n) is 4.92. The minimum atomic E-state index is 0.652. The first-order valence-electron chi connectivity index (χ1n) is 8.06. The van der Waals surface area contributed by atoms with E-state index in [1.54, 1.807) is 6.26 Å². The minimum absolute atomic E-state index is 0.652. The fraction of sp³-hybridized carbons (Fsp3) is 0.765. The third kappa shape index (κ3) is 3.86. The summed E-state index contributed by atoms with van der Waals surface area (Å²) in [5.74, 6) is 3.46. The lowest BCUT2D eigenvalue weighted by atomic mass is 9.72. The molecule has 4 atom stereocenters. The predicted octanol–water partition coefficient (Wildman–Crippen LogP) is 3.37. The van der Waals surface area contributed by atoms with Gasteiger partial charge < -0.3 is 9.73 Å². The zero-order valence-corrected chi connectivity index (χ0v) is 13.4. The Balaban J connectivity index is 1.97. The van der Waals surface area contributed by atoms with E-state index in [-0.39, 0.29) is 0 Å². The van der Waals surface area contributed by atoms with Crippen molar-refractivity contribution in [3.63, 3.8) is 0 Å². The first kappa shape index (κ1) is 15.6. The van der Waals surface area contributed by atoms with E-state index in [2.05, 4.69) is 44.1 Å². The third-order valence-corrected chi connectivity index (χ3v) is 4.92. The van der Waals surface area contributed by atoms with Crippen LogP contribution in [0.15, 0.2) is 22.8 Å². The highest BCUT2D eigenvalue weighted by Gasteiger charge is 2.33. The van der Waals surface area contributed by atoms with Crippen LogP contribution in [0.1, 0.15) is 39.4 Å². The van der Waals surface area contributed by atoms with Crippen molar-refractivity contribution in [3.8, 4) is 0 Å². The second-order valence-electron chi connectivity index (χ2n) is 6.52. The molecular formula is C17H30N2O. The van der Waals surface area contributed by atoms with E-state index >= 15 is 0 Å². The van der Waals surface area contributed by atoms with Crippen LogP contribution in [0.5, 0.6) is 0 Å². The van der Waals surface area contributed by atoms with Crippen LogP contribution in [0.2, 0.25) is 0 Å². The Hall–Kier alpha value is -0.800. The smallest absolute Gasteiger partial charge is 0.117 e. The van der Waals surface area contributed by atoms with Crippen LogP contribution in [0, 0.1) is 17.8 Å². The molecule has 1 fully saturated rings. The number of hydrogen-bond acceptors (Lipinski definition) is 3. The first-order chi connectivity index (χ1) is 9.63. The van der Waals surface area contributed by atoms with Crippen molar-refractivity contribution in [3.05, 3.63) is 24.2 Å². The lowest BCUT2D eigenvalue weighted by molar-refractivity contribution is 0.100. The van der Waals surface area contributed by atoms with Crippen molar-refractivity contribution in [2.24, 2.45) is 17.8 Å². The van der Waals surface area contributed by atoms with E-state index in [1.807, 2.05) is 6.07 Å². The summed E-state index contributed by atoms with van der Waals surface area (Å²) in [6.45, 7) is 10.2. The zero-order chi connectivity index (χ0) is 14.5. The molecule has 0 saturated heterocycles. The summed E-state index contributed by atoms with van der Waals surface area (Å²) < 4.78 is 5.49. The van der Waals surface area contributed by atoms with Gasteiger partial charge in [-0.25, -0.2) is 0 Å². The van der Waals surface area contributed by atoms with Crippen LogP contribution in [-0.4, -0.2) is 31.1 Å². The molecule has 1 heterocycles. The molecule has 1 N–H and O–H groups in total. The molecule has 0 spiro atoms. The van der Waals surface area contributed by atoms with Gasteiger partial charge in [0.2, 0.25) is 0 Å². The van der Waals surface area contributed by atoms with Crippen LogP contribution in [0.4, 0.5) is 0 Å². The van der Waals surface area contributed by atoms with E-state index in [0.717, 1.165) is 43.1 Å². The second-order valence-corrected chi connectivity index (χ2v) is 6.52. The Morgan fingerprint density at radius 2 is 2.15 bits per heavy atom. The fourth-order valence-electron chi connectivity index (χ4n) is 3.78. The summed E-state index contributed by atoms with van der Waals surface area (Å²) >= 11 is 0. The number of furan rings is 1. The fourth-order valence-corrected chi connectivity index (χ4v) is 3.78. The normalized spacial score (nSPS) is 30.9. The maximum atomic E-state index is 5.49. The van der Waals surface area contributed by atoms with Gasteiger partial charge in [0, 0.05) is 12.6 Å². The Bertz CT molecular complexity index is 376. The summed E-state index contributed by atoms with van der Waals surface area (Å²) in [6, 6.07) is 4.70. The van der Waals surface area contributed by atoms with Crippen LogP contribution in [-0.2, 0) is 6.54 Å². The van der Waals surface area contributed by atoms with Crippen LogP contribution in [0.25, 0.3) is 0 Å². The van der Waals surface area contributed by atoms with Crippen molar-refractivity contribution in [2.45, 2.75) is 46.2 Å². The highest BCUT2D eigenvalue weighted by Crippen LogP contribution is 2.34. The summed E-state index contributed by atoms with van der Waals surface area (Å²) in [5.41, 5.74) is 0. The Morgan fingerprint density at radius 1 is 1.35 bits per heavy atom. The predicted molar refractivity (Wildman–Crippen MR) is 83.6 cm³/mol. The topological polar surface area (TPSA) is 28.4 Å². The van der Waals surface area contributed by atoms with Crippen molar-refractivity contribution in [1.82, 2.24) is 10.2 Å². The molecule has 2 rings (SSSR count). The van der Waals surface area contributed by atoms with Crippen molar-refractivity contribution in [1.29, 1.82) is 0 Å². The Morgan fingerprint density at radius 3 is 2.75 bits per heavy atom. The molecule has 0 bridgehead atoms. The Kier molecular flexibility index (Phi) is 5.67. The maximum Gasteiger partial charge on any atom is 0.117 e. The molecule has 3 heteroatoms. The number of rotatable bonds is 6. The van der Waals surface area contributed by atoms with Crippen LogP contribution >= 0.6 is 0 Å². The molecule has 3 nitrogen and oxygen atoms in total. The van der Waals surface area contributed by atoms with Gasteiger partial charge in [0.15, 0.2) is 0 Å². The lowest BCUT2D eigenvalue weighted by Crippen LogP contribution is -2.47. The molecule has 1 aliphatic carbocycles. The van der Waals surface area contributed by atoms with Gasteiger partial charge in [0.25, 0.3) is 0 Å². The maximum absolute atomic E-state index is 5.49. The quantitative estimate of drug-likeness (QED) is 0.865. The molecule has 1 aromatic rings. The molecule has 1 aliphatic rings. The van der Waals surface area contributed by atoms with Gasteiger partial charge in [-0.05, 0) is 56.3 Å². The van der Waals surface area contributed by atoms with Crippen molar-refractivity contribution < 1.29 is 4.42 Å². The van der Waals surface area contributed by atoms with E-state index in [9.17, 15) is 0 Å². The monoisotopic (exact) mass is 278 g/mol. The van der Waals surface area contributed by atoms with Gasteiger partial charge in [0.05, 0.1) is 12.8 Å². The average molecular weight is 278 g/mol. The van der Waals surface area contributed by atoms with E-state index in [4.69, 9.17) is 4.42 Å². The molecule has 0 aromatic carbocycles. The standard InChI is InChI=1S/C17H30N2O/c1-5-19(11-15-7-6-8-20-15)12-16-14(3)9-13(2)10-17(16)18-4/h6-8,13-14,16-18H,5,9-12H2,1-4H3. The largest absolute Gasteiger partial charge is 0.468 e. The molecule has 1 aromatic heterocycles. The van der Waals surface area contributed by atoms with Crippen molar-refractivity contribution in [2.75, 3.05) is 20.1 Å². The molecule has 0 radical (unpaired) electrons. The molecule has 20 heavy (non-hydrogen) atoms. The SMILES string of the molecule is CCN(Cc1ccco1)CC1C(C)CC(C)CC1NC. The van der Waals surface area contributed by atoms with Gasteiger partial charge in [-0.15, -0.1) is 0 Å². The molecule has 114 valence electrons. The summed E-state index contributed by atoms with van der Waals surface area (Å²) in [6.07, 6.45) is 4.44. The summed E-state index contributed by atoms with van der Waals surface area (Å²) in [5, 5.41) is 3.55. The van der Waals surface area contributed by atoms with Gasteiger partial charge in [0.1, 0.15) is 5.76 Å². The molecule has 1 saturated carbocycles. The Labute approximate surface area is 123 Å². The van der Waals surface area contributed by atoms with E-state index in [0.29, 0.717) is 6.04 Å². The van der Waals surface area contributed by atoms with Gasteiger partial charge in [-0.2, -0.15) is 0 Å². The molecule has 0 amide bonds. The highest BCUT2D eigenvalue weighted by molar-refractivity contribution is 4.98. The van der Waals surface area contributed by atoms with Crippen LogP contribution < -0.4 is 5.32 Å². The molecular weight excluding hydrogens is 248 g/mol. The average Bonchev–Trinajstić information content (AvgIpc) is 2.93. The highest BCUT2D eigenvalue weighted by atomic mass is 16.3. The van der Waals surface area contributed by atoms with Gasteiger partial charge in [-0.1, -0.05) is 20.8 Å². The zero-order valence-electron chi connectivity index (χ0n) is 13.4. The van der Waals surface area contributed by atoms with E-state index in [1.165, 1.54) is 12.8 Å². The first-order valence-corrected chi connectivity index (χ1v) is 8.06. The number of nitrogens with zero attached hydrogens (tertiary/aromatic N) is 1. The number of hydrogen-bond donors (Lipinski definition) is 1. The molecule has 0 aliphatic heterocycles. The van der Waals surface area contributed by atoms with Crippen LogP contribution in [0.3, 0.4) is 0 Å². The van der Waals surface area contributed by atoms with Crippen molar-refractivity contribution >= 4 is 0 Å². The lowest BCUT2D eigenvalue weighted by Gasteiger charge is -2.41. The molecule has 4 unspecified atom stereocenters. The minimum Gasteiger partial charge on any atom is -0.468 e. The second kappa shape index (κ2) is 7.28.